The normalized spacial score (nSPS) is 16.1. The maximum atomic E-state index is 11.8. The van der Waals surface area contributed by atoms with Crippen molar-refractivity contribution in [1.29, 1.82) is 0 Å². The minimum Gasteiger partial charge on any atom is -0.378 e. The first-order chi connectivity index (χ1) is 10.1. The summed E-state index contributed by atoms with van der Waals surface area (Å²) in [5.74, 6) is -0.0435. The van der Waals surface area contributed by atoms with Crippen LogP contribution in [-0.2, 0) is 4.79 Å². The number of rotatable bonds is 5. The summed E-state index contributed by atoms with van der Waals surface area (Å²) < 4.78 is 0. The topological polar surface area (TPSA) is 47.9 Å². The van der Waals surface area contributed by atoms with Crippen molar-refractivity contribution in [3.05, 3.63) is 29.8 Å². The lowest BCUT2D eigenvalue weighted by Crippen LogP contribution is -2.38. The predicted octanol–water partition coefficient (Wildman–Crippen LogP) is 1.69. The molecule has 1 N–H and O–H groups in total. The van der Waals surface area contributed by atoms with Gasteiger partial charge >= 0.3 is 0 Å². The van der Waals surface area contributed by atoms with Crippen molar-refractivity contribution in [1.82, 2.24) is 10.3 Å². The SMILES string of the molecule is CN(C)c1ccc(/C=N/NC(=O)CN2CCCCC2)cc1. The Labute approximate surface area is 126 Å². The Hall–Kier alpha value is -1.88. The van der Waals surface area contributed by atoms with E-state index in [1.165, 1.54) is 19.3 Å². The van der Waals surface area contributed by atoms with Gasteiger partial charge in [-0.1, -0.05) is 18.6 Å². The average Bonchev–Trinajstić information content (AvgIpc) is 2.49. The minimum absolute atomic E-state index is 0.0435. The van der Waals surface area contributed by atoms with Crippen molar-refractivity contribution in [3.8, 4) is 0 Å². The molecule has 1 aliphatic rings. The quantitative estimate of drug-likeness (QED) is 0.662. The van der Waals surface area contributed by atoms with E-state index >= 15 is 0 Å². The highest BCUT2D eigenvalue weighted by Gasteiger charge is 2.12. The Kier molecular flexibility index (Phi) is 5.75. The summed E-state index contributed by atoms with van der Waals surface area (Å²) in [7, 11) is 4.01. The van der Waals surface area contributed by atoms with E-state index in [9.17, 15) is 4.79 Å². The van der Waals surface area contributed by atoms with Gasteiger partial charge in [0.1, 0.15) is 0 Å². The van der Waals surface area contributed by atoms with E-state index in [1.54, 1.807) is 6.21 Å². The number of hydrazone groups is 1. The summed E-state index contributed by atoms with van der Waals surface area (Å²) in [5, 5.41) is 4.02. The van der Waals surface area contributed by atoms with Crippen LogP contribution in [0, 0.1) is 0 Å². The van der Waals surface area contributed by atoms with Gasteiger partial charge in [0, 0.05) is 19.8 Å². The lowest BCUT2D eigenvalue weighted by molar-refractivity contribution is -0.122. The third kappa shape index (κ3) is 5.19. The molecule has 0 bridgehead atoms. The Morgan fingerprint density at radius 2 is 1.90 bits per heavy atom. The lowest BCUT2D eigenvalue weighted by atomic mass is 10.1. The monoisotopic (exact) mass is 288 g/mol. The van der Waals surface area contributed by atoms with E-state index in [2.05, 4.69) is 15.4 Å². The molecule has 1 aliphatic heterocycles. The summed E-state index contributed by atoms with van der Waals surface area (Å²) in [6, 6.07) is 8.01. The first kappa shape index (κ1) is 15.5. The molecule has 1 aromatic carbocycles. The third-order valence-electron chi connectivity index (χ3n) is 3.63. The number of amides is 1. The molecule has 0 spiro atoms. The van der Waals surface area contributed by atoms with E-state index < -0.39 is 0 Å². The predicted molar refractivity (Wildman–Crippen MR) is 86.8 cm³/mol. The maximum Gasteiger partial charge on any atom is 0.254 e. The van der Waals surface area contributed by atoms with Crippen LogP contribution in [0.5, 0.6) is 0 Å². The second kappa shape index (κ2) is 7.78. The van der Waals surface area contributed by atoms with Crippen LogP contribution in [0.15, 0.2) is 29.4 Å². The van der Waals surface area contributed by atoms with Crippen LogP contribution in [-0.4, -0.2) is 50.8 Å². The van der Waals surface area contributed by atoms with Gasteiger partial charge in [-0.05, 0) is 43.6 Å². The van der Waals surface area contributed by atoms with Gasteiger partial charge in [0.2, 0.25) is 0 Å². The van der Waals surface area contributed by atoms with Crippen molar-refractivity contribution in [2.24, 2.45) is 5.10 Å². The Morgan fingerprint density at radius 1 is 1.24 bits per heavy atom. The molecule has 1 saturated heterocycles. The fraction of sp³-hybridized carbons (Fsp3) is 0.500. The number of nitrogens with one attached hydrogen (secondary N) is 1. The molecule has 0 saturated carbocycles. The molecular formula is C16H24N4O. The zero-order valence-electron chi connectivity index (χ0n) is 12.9. The highest BCUT2D eigenvalue weighted by Crippen LogP contribution is 2.11. The van der Waals surface area contributed by atoms with E-state index in [1.807, 2.05) is 43.3 Å². The highest BCUT2D eigenvalue weighted by molar-refractivity contribution is 5.83. The van der Waals surface area contributed by atoms with Crippen LogP contribution in [0.25, 0.3) is 0 Å². The second-order valence-electron chi connectivity index (χ2n) is 5.62. The number of piperidine rings is 1. The molecule has 21 heavy (non-hydrogen) atoms. The highest BCUT2D eigenvalue weighted by atomic mass is 16.2. The molecule has 1 heterocycles. The first-order valence-electron chi connectivity index (χ1n) is 7.47. The fourth-order valence-corrected chi connectivity index (χ4v) is 2.39. The van der Waals surface area contributed by atoms with Crippen molar-refractivity contribution in [2.75, 3.05) is 38.6 Å². The van der Waals surface area contributed by atoms with E-state index in [4.69, 9.17) is 0 Å². The minimum atomic E-state index is -0.0435. The van der Waals surface area contributed by atoms with Crippen molar-refractivity contribution >= 4 is 17.8 Å². The summed E-state index contributed by atoms with van der Waals surface area (Å²) in [6.07, 6.45) is 5.33. The van der Waals surface area contributed by atoms with Crippen LogP contribution in [0.4, 0.5) is 5.69 Å². The number of likely N-dealkylation sites (tertiary alicyclic amines) is 1. The van der Waals surface area contributed by atoms with Gasteiger partial charge in [-0.25, -0.2) is 5.43 Å². The summed E-state index contributed by atoms with van der Waals surface area (Å²) >= 11 is 0. The average molecular weight is 288 g/mol. The number of carbonyl (C=O) groups is 1. The maximum absolute atomic E-state index is 11.8. The van der Waals surface area contributed by atoms with Crippen LogP contribution in [0.3, 0.4) is 0 Å². The number of carbonyl (C=O) groups excluding carboxylic acids is 1. The van der Waals surface area contributed by atoms with Gasteiger partial charge in [-0.3, -0.25) is 9.69 Å². The van der Waals surface area contributed by atoms with Crippen LogP contribution in [0.1, 0.15) is 24.8 Å². The molecule has 2 rings (SSSR count). The zero-order chi connectivity index (χ0) is 15.1. The molecule has 1 aromatic rings. The van der Waals surface area contributed by atoms with Crippen molar-refractivity contribution < 1.29 is 4.79 Å². The van der Waals surface area contributed by atoms with E-state index in [0.717, 1.165) is 24.3 Å². The standard InChI is InChI=1S/C16H24N4O/c1-19(2)15-8-6-14(7-9-15)12-17-18-16(21)13-20-10-4-3-5-11-20/h6-9,12H,3-5,10-11,13H2,1-2H3,(H,18,21)/b17-12+. The molecule has 5 nitrogen and oxygen atoms in total. The van der Waals surface area contributed by atoms with Gasteiger partial charge in [0.05, 0.1) is 12.8 Å². The number of benzene rings is 1. The number of anilines is 1. The van der Waals surface area contributed by atoms with Gasteiger partial charge < -0.3 is 4.90 Å². The Morgan fingerprint density at radius 3 is 2.52 bits per heavy atom. The molecule has 1 fully saturated rings. The Bertz CT molecular complexity index is 476. The molecule has 0 aromatic heterocycles. The third-order valence-corrected chi connectivity index (χ3v) is 3.63. The van der Waals surface area contributed by atoms with E-state index in [-0.39, 0.29) is 5.91 Å². The number of hydrogen-bond acceptors (Lipinski definition) is 4. The van der Waals surface area contributed by atoms with Gasteiger partial charge in [0.15, 0.2) is 0 Å². The summed E-state index contributed by atoms with van der Waals surface area (Å²) in [6.45, 7) is 2.48. The largest absolute Gasteiger partial charge is 0.378 e. The zero-order valence-corrected chi connectivity index (χ0v) is 12.9. The van der Waals surface area contributed by atoms with Crippen LogP contribution >= 0.6 is 0 Å². The molecular weight excluding hydrogens is 264 g/mol. The van der Waals surface area contributed by atoms with Crippen LogP contribution < -0.4 is 10.3 Å². The lowest BCUT2D eigenvalue weighted by Gasteiger charge is -2.25. The molecule has 1 amide bonds. The number of nitrogens with zero attached hydrogens (tertiary/aromatic N) is 3. The second-order valence-corrected chi connectivity index (χ2v) is 5.62. The number of hydrogen-bond donors (Lipinski definition) is 1. The van der Waals surface area contributed by atoms with Crippen molar-refractivity contribution in [2.45, 2.75) is 19.3 Å². The molecule has 5 heteroatoms. The molecule has 114 valence electrons. The van der Waals surface area contributed by atoms with Gasteiger partial charge in [0.25, 0.3) is 5.91 Å². The molecule has 0 unspecified atom stereocenters. The van der Waals surface area contributed by atoms with Gasteiger partial charge in [-0.2, -0.15) is 5.10 Å². The van der Waals surface area contributed by atoms with Crippen molar-refractivity contribution in [3.63, 3.8) is 0 Å². The molecule has 0 radical (unpaired) electrons. The smallest absolute Gasteiger partial charge is 0.254 e. The molecule has 0 atom stereocenters. The fourth-order valence-electron chi connectivity index (χ4n) is 2.39. The van der Waals surface area contributed by atoms with Gasteiger partial charge in [-0.15, -0.1) is 0 Å². The van der Waals surface area contributed by atoms with Crippen LogP contribution in [0.2, 0.25) is 0 Å². The first-order valence-corrected chi connectivity index (χ1v) is 7.47. The Balaban J connectivity index is 1.77. The summed E-state index contributed by atoms with van der Waals surface area (Å²) in [4.78, 5) is 16.0. The summed E-state index contributed by atoms with van der Waals surface area (Å²) in [5.41, 5.74) is 4.71. The van der Waals surface area contributed by atoms with E-state index in [0.29, 0.717) is 6.54 Å². The molecule has 0 aliphatic carbocycles.